The number of aliphatic imine (C=N–C) groups is 1. The van der Waals surface area contributed by atoms with Gasteiger partial charge in [0.2, 0.25) is 5.91 Å². The zero-order chi connectivity index (χ0) is 18.4. The van der Waals surface area contributed by atoms with E-state index in [4.69, 9.17) is 0 Å². The van der Waals surface area contributed by atoms with Gasteiger partial charge in [-0.05, 0) is 31.0 Å². The number of benzene rings is 1. The van der Waals surface area contributed by atoms with Crippen LogP contribution in [0.5, 0.6) is 0 Å². The first-order valence-corrected chi connectivity index (χ1v) is 8.98. The summed E-state index contributed by atoms with van der Waals surface area (Å²) in [5.74, 6) is 0.917. The lowest BCUT2D eigenvalue weighted by molar-refractivity contribution is -0.129. The van der Waals surface area contributed by atoms with Gasteiger partial charge in [-0.1, -0.05) is 18.2 Å². The van der Waals surface area contributed by atoms with Gasteiger partial charge in [0.1, 0.15) is 0 Å². The zero-order valence-electron chi connectivity index (χ0n) is 15.8. The van der Waals surface area contributed by atoms with E-state index in [9.17, 15) is 4.79 Å². The highest BCUT2D eigenvalue weighted by atomic mass is 127. The van der Waals surface area contributed by atoms with Crippen LogP contribution in [0.4, 0.5) is 0 Å². The standard InChI is InChI=1S/C19H26N6O.HI/c1-15(26)24-11-8-16(9-12-24)22-19(20-2)21-14-17-10-13-25(23-17)18-6-4-3-5-7-18;/h3-7,10,13,16H,8-9,11-12,14H2,1-2H3,(H2,20,21,22);1H. The average Bonchev–Trinajstić information content (AvgIpc) is 3.15. The summed E-state index contributed by atoms with van der Waals surface area (Å²) in [4.78, 5) is 17.6. The predicted octanol–water partition coefficient (Wildman–Crippen LogP) is 2.17. The normalized spacial score (nSPS) is 15.2. The molecule has 0 unspecified atom stereocenters. The first kappa shape index (κ1) is 21.2. The lowest BCUT2D eigenvalue weighted by atomic mass is 10.1. The van der Waals surface area contributed by atoms with Crippen molar-refractivity contribution >= 4 is 35.8 Å². The number of rotatable bonds is 4. The van der Waals surface area contributed by atoms with Crippen molar-refractivity contribution in [3.05, 3.63) is 48.3 Å². The van der Waals surface area contributed by atoms with E-state index in [0.717, 1.165) is 43.3 Å². The van der Waals surface area contributed by atoms with Crippen LogP contribution in [0.1, 0.15) is 25.5 Å². The fourth-order valence-corrected chi connectivity index (χ4v) is 3.08. The Hall–Kier alpha value is -2.10. The fraction of sp³-hybridized carbons (Fsp3) is 0.421. The van der Waals surface area contributed by atoms with Crippen molar-refractivity contribution in [3.63, 3.8) is 0 Å². The maximum Gasteiger partial charge on any atom is 0.219 e. The third-order valence-electron chi connectivity index (χ3n) is 4.61. The molecule has 1 saturated heterocycles. The van der Waals surface area contributed by atoms with Crippen molar-refractivity contribution in [1.82, 2.24) is 25.3 Å². The highest BCUT2D eigenvalue weighted by Crippen LogP contribution is 2.10. The van der Waals surface area contributed by atoms with E-state index in [1.165, 1.54) is 0 Å². The maximum atomic E-state index is 11.4. The summed E-state index contributed by atoms with van der Waals surface area (Å²) in [6, 6.07) is 12.4. The number of halogens is 1. The van der Waals surface area contributed by atoms with Crippen LogP contribution in [0.15, 0.2) is 47.6 Å². The molecule has 0 bridgehead atoms. The zero-order valence-corrected chi connectivity index (χ0v) is 18.1. The molecule has 1 aliphatic heterocycles. The van der Waals surface area contributed by atoms with Crippen LogP contribution >= 0.6 is 24.0 Å². The van der Waals surface area contributed by atoms with Crippen molar-refractivity contribution in [2.75, 3.05) is 20.1 Å². The molecule has 2 aromatic rings. The van der Waals surface area contributed by atoms with Gasteiger partial charge in [-0.3, -0.25) is 9.79 Å². The van der Waals surface area contributed by atoms with E-state index in [0.29, 0.717) is 12.6 Å². The topological polar surface area (TPSA) is 74.6 Å². The molecule has 0 saturated carbocycles. The molecule has 3 rings (SSSR count). The van der Waals surface area contributed by atoms with Gasteiger partial charge in [0.25, 0.3) is 0 Å². The average molecular weight is 482 g/mol. The van der Waals surface area contributed by atoms with Gasteiger partial charge in [-0.25, -0.2) is 4.68 Å². The molecule has 146 valence electrons. The minimum Gasteiger partial charge on any atom is -0.354 e. The quantitative estimate of drug-likeness (QED) is 0.398. The summed E-state index contributed by atoms with van der Waals surface area (Å²) in [5, 5.41) is 11.3. The second-order valence-electron chi connectivity index (χ2n) is 6.44. The molecular formula is C19H27IN6O. The molecule has 0 atom stereocenters. The molecule has 8 heteroatoms. The van der Waals surface area contributed by atoms with Crippen molar-refractivity contribution in [3.8, 4) is 5.69 Å². The van der Waals surface area contributed by atoms with Crippen molar-refractivity contribution in [2.45, 2.75) is 32.4 Å². The van der Waals surface area contributed by atoms with Crippen LogP contribution in [0, 0.1) is 0 Å². The van der Waals surface area contributed by atoms with Gasteiger partial charge in [-0.2, -0.15) is 5.10 Å². The monoisotopic (exact) mass is 482 g/mol. The van der Waals surface area contributed by atoms with Crippen LogP contribution < -0.4 is 10.6 Å². The van der Waals surface area contributed by atoms with E-state index in [1.54, 1.807) is 14.0 Å². The Morgan fingerprint density at radius 3 is 2.56 bits per heavy atom. The molecule has 1 fully saturated rings. The summed E-state index contributed by atoms with van der Waals surface area (Å²) >= 11 is 0. The van der Waals surface area contributed by atoms with E-state index in [-0.39, 0.29) is 29.9 Å². The number of likely N-dealkylation sites (tertiary alicyclic amines) is 1. The summed E-state index contributed by atoms with van der Waals surface area (Å²) in [6.07, 6.45) is 3.83. The Morgan fingerprint density at radius 1 is 1.22 bits per heavy atom. The van der Waals surface area contributed by atoms with Crippen LogP contribution in [0.25, 0.3) is 5.69 Å². The molecule has 0 radical (unpaired) electrons. The molecule has 27 heavy (non-hydrogen) atoms. The van der Waals surface area contributed by atoms with E-state index in [2.05, 4.69) is 20.7 Å². The second kappa shape index (κ2) is 10.3. The summed E-state index contributed by atoms with van der Waals surface area (Å²) < 4.78 is 1.87. The summed E-state index contributed by atoms with van der Waals surface area (Å²) in [7, 11) is 1.77. The number of guanidine groups is 1. The van der Waals surface area contributed by atoms with Gasteiger partial charge in [-0.15, -0.1) is 24.0 Å². The Labute approximate surface area is 177 Å². The number of hydrogen-bond donors (Lipinski definition) is 2. The highest BCUT2D eigenvalue weighted by Gasteiger charge is 2.21. The van der Waals surface area contributed by atoms with Gasteiger partial charge < -0.3 is 15.5 Å². The smallest absolute Gasteiger partial charge is 0.219 e. The number of piperidine rings is 1. The predicted molar refractivity (Wildman–Crippen MR) is 118 cm³/mol. The number of nitrogens with zero attached hydrogens (tertiary/aromatic N) is 4. The molecule has 2 N–H and O–H groups in total. The molecular weight excluding hydrogens is 455 g/mol. The molecule has 7 nitrogen and oxygen atoms in total. The molecule has 2 heterocycles. The molecule has 1 aromatic heterocycles. The minimum atomic E-state index is 0. The summed E-state index contributed by atoms with van der Waals surface area (Å²) in [6.45, 7) is 3.82. The Balaban J connectivity index is 0.00000261. The SMILES string of the molecule is CN=C(NCc1ccn(-c2ccccc2)n1)NC1CCN(C(C)=O)CC1.I. The Bertz CT molecular complexity index is 753. The van der Waals surface area contributed by atoms with Crippen molar-refractivity contribution in [2.24, 2.45) is 4.99 Å². The second-order valence-corrected chi connectivity index (χ2v) is 6.44. The van der Waals surface area contributed by atoms with E-state index < -0.39 is 0 Å². The van der Waals surface area contributed by atoms with Crippen LogP contribution in [-0.4, -0.2) is 52.7 Å². The van der Waals surface area contributed by atoms with E-state index >= 15 is 0 Å². The largest absolute Gasteiger partial charge is 0.354 e. The summed E-state index contributed by atoms with van der Waals surface area (Å²) in [5.41, 5.74) is 1.99. The molecule has 0 aliphatic carbocycles. The number of amides is 1. The van der Waals surface area contributed by atoms with Gasteiger partial charge >= 0.3 is 0 Å². The maximum absolute atomic E-state index is 11.4. The van der Waals surface area contributed by atoms with Crippen molar-refractivity contribution in [1.29, 1.82) is 0 Å². The molecule has 1 amide bonds. The Kier molecular flexibility index (Phi) is 8.08. The Morgan fingerprint density at radius 2 is 1.93 bits per heavy atom. The lowest BCUT2D eigenvalue weighted by Crippen LogP contribution is -2.49. The van der Waals surface area contributed by atoms with Crippen LogP contribution in [0.2, 0.25) is 0 Å². The van der Waals surface area contributed by atoms with Crippen LogP contribution in [0.3, 0.4) is 0 Å². The number of carbonyl (C=O) groups is 1. The molecule has 0 spiro atoms. The van der Waals surface area contributed by atoms with Gasteiger partial charge in [0, 0.05) is 39.3 Å². The third kappa shape index (κ3) is 5.95. The number of aromatic nitrogens is 2. The number of hydrogen-bond acceptors (Lipinski definition) is 3. The third-order valence-corrected chi connectivity index (χ3v) is 4.61. The fourth-order valence-electron chi connectivity index (χ4n) is 3.08. The van der Waals surface area contributed by atoms with Gasteiger partial charge in [0.15, 0.2) is 5.96 Å². The number of nitrogens with one attached hydrogen (secondary N) is 2. The first-order valence-electron chi connectivity index (χ1n) is 8.98. The molecule has 1 aromatic carbocycles. The number of carbonyl (C=O) groups excluding carboxylic acids is 1. The highest BCUT2D eigenvalue weighted by molar-refractivity contribution is 14.0. The van der Waals surface area contributed by atoms with Crippen molar-refractivity contribution < 1.29 is 4.79 Å². The molecule has 1 aliphatic rings. The first-order chi connectivity index (χ1) is 12.7. The van der Waals surface area contributed by atoms with Gasteiger partial charge in [0.05, 0.1) is 17.9 Å². The van der Waals surface area contributed by atoms with E-state index in [1.807, 2.05) is 52.2 Å². The van der Waals surface area contributed by atoms with Crippen LogP contribution in [-0.2, 0) is 11.3 Å². The number of para-hydroxylation sites is 1. The lowest BCUT2D eigenvalue weighted by Gasteiger charge is -2.32. The minimum absolute atomic E-state index is 0.